The molecule has 0 saturated heterocycles. The van der Waals surface area contributed by atoms with Crippen LogP contribution in [0.1, 0.15) is 10.4 Å². The van der Waals surface area contributed by atoms with Crippen molar-refractivity contribution in [3.63, 3.8) is 0 Å². The van der Waals surface area contributed by atoms with Gasteiger partial charge in [-0.1, -0.05) is 0 Å². The molecule has 116 valence electrons. The van der Waals surface area contributed by atoms with E-state index < -0.39 is 18.0 Å². The summed E-state index contributed by atoms with van der Waals surface area (Å²) in [5, 5.41) is 4.71. The molecule has 2 heterocycles. The Kier molecular flexibility index (Phi) is 4.54. The van der Waals surface area contributed by atoms with Crippen LogP contribution in [0.15, 0.2) is 30.6 Å². The second-order valence-corrected chi connectivity index (χ2v) is 4.28. The van der Waals surface area contributed by atoms with Gasteiger partial charge in [0.1, 0.15) is 0 Å². The zero-order chi connectivity index (χ0) is 16.2. The predicted octanol–water partition coefficient (Wildman–Crippen LogP) is 1.04. The molecule has 0 bridgehead atoms. The number of alkyl halides is 3. The minimum atomic E-state index is -4.93. The molecule has 0 aromatic carbocycles. The summed E-state index contributed by atoms with van der Waals surface area (Å²) in [5.74, 6) is -2.54. The molecule has 0 aliphatic heterocycles. The van der Waals surface area contributed by atoms with Crippen LogP contribution in [0.5, 0.6) is 0 Å². The zero-order valence-electron chi connectivity index (χ0n) is 11.1. The first-order valence-corrected chi connectivity index (χ1v) is 6.22. The molecule has 0 unspecified atom stereocenters. The Balaban J connectivity index is 1.88. The second-order valence-electron chi connectivity index (χ2n) is 4.28. The molecule has 9 heteroatoms. The van der Waals surface area contributed by atoms with E-state index in [4.69, 9.17) is 0 Å². The van der Waals surface area contributed by atoms with E-state index in [1.165, 1.54) is 6.20 Å². The van der Waals surface area contributed by atoms with E-state index >= 15 is 0 Å². The van der Waals surface area contributed by atoms with Gasteiger partial charge in [0.15, 0.2) is 5.65 Å². The maximum atomic E-state index is 11.9. The summed E-state index contributed by atoms with van der Waals surface area (Å²) in [6.45, 7) is -0.460. The Bertz CT molecular complexity index is 703. The molecule has 0 aliphatic carbocycles. The topological polar surface area (TPSA) is 84.0 Å². The molecule has 6 nitrogen and oxygen atoms in total. The van der Waals surface area contributed by atoms with E-state index in [0.717, 1.165) is 0 Å². The SMILES string of the molecule is O=C(NCCNC(=O)C(F)(F)F)c1cnc2ncccc2c1. The summed E-state index contributed by atoms with van der Waals surface area (Å²) in [7, 11) is 0. The number of nitrogens with zero attached hydrogens (tertiary/aromatic N) is 2. The first-order valence-electron chi connectivity index (χ1n) is 6.22. The number of amides is 2. The van der Waals surface area contributed by atoms with E-state index in [1.54, 1.807) is 29.7 Å². The third-order valence-electron chi connectivity index (χ3n) is 2.67. The maximum absolute atomic E-state index is 11.9. The van der Waals surface area contributed by atoms with Gasteiger partial charge in [-0.25, -0.2) is 9.97 Å². The van der Waals surface area contributed by atoms with Crippen molar-refractivity contribution in [2.45, 2.75) is 6.18 Å². The fourth-order valence-electron chi connectivity index (χ4n) is 1.64. The van der Waals surface area contributed by atoms with Crippen molar-refractivity contribution in [1.29, 1.82) is 0 Å². The van der Waals surface area contributed by atoms with E-state index in [2.05, 4.69) is 15.3 Å². The fraction of sp³-hybridized carbons (Fsp3) is 0.231. The molecule has 2 N–H and O–H groups in total. The van der Waals surface area contributed by atoms with Crippen LogP contribution in [-0.2, 0) is 4.79 Å². The average Bonchev–Trinajstić information content (AvgIpc) is 2.49. The summed E-state index contributed by atoms with van der Waals surface area (Å²) in [6, 6.07) is 4.99. The van der Waals surface area contributed by atoms with Crippen molar-refractivity contribution in [3.8, 4) is 0 Å². The lowest BCUT2D eigenvalue weighted by Crippen LogP contribution is -2.41. The smallest absolute Gasteiger partial charge is 0.350 e. The molecular weight excluding hydrogens is 301 g/mol. The van der Waals surface area contributed by atoms with Crippen molar-refractivity contribution in [2.24, 2.45) is 0 Å². The number of carbonyl (C=O) groups excluding carboxylic acids is 2. The summed E-state index contributed by atoms with van der Waals surface area (Å²) in [5.41, 5.74) is 0.735. The highest BCUT2D eigenvalue weighted by Crippen LogP contribution is 2.13. The summed E-state index contributed by atoms with van der Waals surface area (Å²) < 4.78 is 35.8. The van der Waals surface area contributed by atoms with Crippen LogP contribution in [0.3, 0.4) is 0 Å². The number of pyridine rings is 2. The molecular formula is C13H11F3N4O2. The van der Waals surface area contributed by atoms with Gasteiger partial charge in [0.05, 0.1) is 5.56 Å². The monoisotopic (exact) mass is 312 g/mol. The highest BCUT2D eigenvalue weighted by molar-refractivity contribution is 5.96. The minimum Gasteiger partial charge on any atom is -0.350 e. The molecule has 2 aromatic heterocycles. The lowest BCUT2D eigenvalue weighted by molar-refractivity contribution is -0.173. The number of aromatic nitrogens is 2. The molecule has 2 aromatic rings. The number of rotatable bonds is 4. The summed E-state index contributed by atoms with van der Waals surface area (Å²) in [6.07, 6.45) is -2.04. The largest absolute Gasteiger partial charge is 0.471 e. The summed E-state index contributed by atoms with van der Waals surface area (Å²) in [4.78, 5) is 30.4. The van der Waals surface area contributed by atoms with Gasteiger partial charge in [0.25, 0.3) is 5.91 Å². The van der Waals surface area contributed by atoms with Crippen molar-refractivity contribution in [3.05, 3.63) is 36.2 Å². The van der Waals surface area contributed by atoms with Gasteiger partial charge in [-0.15, -0.1) is 0 Å². The quantitative estimate of drug-likeness (QED) is 0.826. The molecule has 0 spiro atoms. The molecule has 0 radical (unpaired) electrons. The van der Waals surface area contributed by atoms with Crippen LogP contribution < -0.4 is 10.6 Å². The number of halogens is 3. The van der Waals surface area contributed by atoms with Gasteiger partial charge in [0.2, 0.25) is 0 Å². The Labute approximate surface area is 122 Å². The highest BCUT2D eigenvalue weighted by Gasteiger charge is 2.38. The zero-order valence-corrected chi connectivity index (χ0v) is 11.1. The summed E-state index contributed by atoms with van der Waals surface area (Å²) >= 11 is 0. The molecule has 0 atom stereocenters. The van der Waals surface area contributed by atoms with E-state index in [1.807, 2.05) is 0 Å². The molecule has 0 aliphatic rings. The molecule has 22 heavy (non-hydrogen) atoms. The molecule has 2 amide bonds. The van der Waals surface area contributed by atoms with Gasteiger partial charge in [-0.05, 0) is 18.2 Å². The van der Waals surface area contributed by atoms with Crippen molar-refractivity contribution >= 4 is 22.8 Å². The van der Waals surface area contributed by atoms with Crippen molar-refractivity contribution < 1.29 is 22.8 Å². The van der Waals surface area contributed by atoms with Crippen LogP contribution in [-0.4, -0.2) is 41.0 Å². The number of hydrogen-bond donors (Lipinski definition) is 2. The normalized spacial score (nSPS) is 11.2. The Hall–Kier alpha value is -2.71. The Morgan fingerprint density at radius 3 is 2.59 bits per heavy atom. The fourth-order valence-corrected chi connectivity index (χ4v) is 1.64. The first kappa shape index (κ1) is 15.7. The van der Waals surface area contributed by atoms with Crippen molar-refractivity contribution in [1.82, 2.24) is 20.6 Å². The average molecular weight is 312 g/mol. The number of fused-ring (bicyclic) bond motifs is 1. The van der Waals surface area contributed by atoms with Crippen LogP contribution in [0.4, 0.5) is 13.2 Å². The molecule has 0 saturated carbocycles. The van der Waals surface area contributed by atoms with Crippen LogP contribution in [0.2, 0.25) is 0 Å². The molecule has 2 rings (SSSR count). The van der Waals surface area contributed by atoms with Gasteiger partial charge in [0, 0.05) is 30.9 Å². The number of hydrogen-bond acceptors (Lipinski definition) is 4. The number of nitrogens with one attached hydrogen (secondary N) is 2. The Morgan fingerprint density at radius 1 is 1.14 bits per heavy atom. The van der Waals surface area contributed by atoms with E-state index in [-0.39, 0.29) is 18.7 Å². The van der Waals surface area contributed by atoms with Gasteiger partial charge in [-0.2, -0.15) is 13.2 Å². The van der Waals surface area contributed by atoms with Crippen LogP contribution in [0, 0.1) is 0 Å². The molecule has 0 fully saturated rings. The van der Waals surface area contributed by atoms with Gasteiger partial charge in [-0.3, -0.25) is 9.59 Å². The van der Waals surface area contributed by atoms with Crippen LogP contribution in [0.25, 0.3) is 11.0 Å². The lowest BCUT2D eigenvalue weighted by Gasteiger charge is -2.09. The Morgan fingerprint density at radius 2 is 1.86 bits per heavy atom. The second kappa shape index (κ2) is 6.37. The third-order valence-corrected chi connectivity index (χ3v) is 2.67. The highest BCUT2D eigenvalue weighted by atomic mass is 19.4. The van der Waals surface area contributed by atoms with Gasteiger partial charge >= 0.3 is 12.1 Å². The third kappa shape index (κ3) is 3.90. The predicted molar refractivity (Wildman–Crippen MR) is 70.9 cm³/mol. The minimum absolute atomic E-state index is 0.133. The van der Waals surface area contributed by atoms with E-state index in [0.29, 0.717) is 11.0 Å². The number of carbonyl (C=O) groups is 2. The lowest BCUT2D eigenvalue weighted by atomic mass is 10.2. The van der Waals surface area contributed by atoms with E-state index in [9.17, 15) is 22.8 Å². The van der Waals surface area contributed by atoms with Crippen molar-refractivity contribution in [2.75, 3.05) is 13.1 Å². The standard InChI is InChI=1S/C13H11F3N4O2/c14-13(15,16)12(22)19-5-4-18-11(21)9-6-8-2-1-3-17-10(8)20-7-9/h1-3,6-7H,4-5H2,(H,18,21)(H,19,22). The van der Waals surface area contributed by atoms with Crippen LogP contribution >= 0.6 is 0 Å². The first-order chi connectivity index (χ1) is 10.4. The van der Waals surface area contributed by atoms with Gasteiger partial charge < -0.3 is 10.6 Å². The maximum Gasteiger partial charge on any atom is 0.471 e.